The van der Waals surface area contributed by atoms with Crippen molar-refractivity contribution in [3.63, 3.8) is 0 Å². The number of benzene rings is 1. The highest BCUT2D eigenvalue weighted by Gasteiger charge is 2.30. The molecule has 5 nitrogen and oxygen atoms in total. The van der Waals surface area contributed by atoms with E-state index >= 15 is 0 Å². The van der Waals surface area contributed by atoms with Crippen molar-refractivity contribution < 1.29 is 17.6 Å². The first-order valence-electron chi connectivity index (χ1n) is 7.28. The number of nitrogens with zero attached hydrogens (tertiary/aromatic N) is 2. The summed E-state index contributed by atoms with van der Waals surface area (Å²) in [5.74, 6) is -0.483. The Bertz CT molecular complexity index is 665. The Morgan fingerprint density at radius 3 is 2.27 bits per heavy atom. The van der Waals surface area contributed by atoms with Gasteiger partial charge in [0.2, 0.25) is 15.9 Å². The molecule has 22 heavy (non-hydrogen) atoms. The van der Waals surface area contributed by atoms with E-state index in [0.29, 0.717) is 18.7 Å². The van der Waals surface area contributed by atoms with E-state index in [1.165, 1.54) is 29.4 Å². The number of piperazine rings is 1. The zero-order valence-corrected chi connectivity index (χ0v) is 13.9. The number of carbonyl (C=O) groups excluding carboxylic acids is 1. The predicted octanol–water partition coefficient (Wildman–Crippen LogP) is 1.62. The van der Waals surface area contributed by atoms with E-state index in [0.717, 1.165) is 0 Å². The van der Waals surface area contributed by atoms with E-state index < -0.39 is 15.8 Å². The summed E-state index contributed by atoms with van der Waals surface area (Å²) in [6.45, 7) is 6.48. The molecule has 1 fully saturated rings. The number of carbonyl (C=O) groups is 1. The van der Waals surface area contributed by atoms with Gasteiger partial charge in [-0.15, -0.1) is 0 Å². The van der Waals surface area contributed by atoms with E-state index in [2.05, 4.69) is 0 Å². The van der Waals surface area contributed by atoms with Crippen LogP contribution in [0.1, 0.15) is 19.4 Å². The topological polar surface area (TPSA) is 57.7 Å². The monoisotopic (exact) mass is 328 g/mol. The first-order valence-corrected chi connectivity index (χ1v) is 8.72. The van der Waals surface area contributed by atoms with Gasteiger partial charge in [-0.1, -0.05) is 13.8 Å². The van der Waals surface area contributed by atoms with Crippen LogP contribution in [0, 0.1) is 18.7 Å². The molecule has 1 aromatic rings. The minimum absolute atomic E-state index is 0.0367. The van der Waals surface area contributed by atoms with E-state index in [-0.39, 0.29) is 29.8 Å². The van der Waals surface area contributed by atoms with Gasteiger partial charge in [0, 0.05) is 32.1 Å². The van der Waals surface area contributed by atoms with Gasteiger partial charge in [0.05, 0.1) is 4.90 Å². The van der Waals surface area contributed by atoms with Crippen molar-refractivity contribution in [2.75, 3.05) is 26.2 Å². The van der Waals surface area contributed by atoms with Crippen LogP contribution >= 0.6 is 0 Å². The molecule has 0 radical (unpaired) electrons. The Morgan fingerprint density at radius 2 is 1.77 bits per heavy atom. The fourth-order valence-corrected chi connectivity index (χ4v) is 3.95. The third-order valence-corrected chi connectivity index (χ3v) is 5.71. The van der Waals surface area contributed by atoms with Crippen LogP contribution in [0.15, 0.2) is 23.1 Å². The van der Waals surface area contributed by atoms with Crippen molar-refractivity contribution in [3.05, 3.63) is 29.6 Å². The molecule has 0 saturated carbocycles. The van der Waals surface area contributed by atoms with Crippen LogP contribution in [0.3, 0.4) is 0 Å². The van der Waals surface area contributed by atoms with Gasteiger partial charge < -0.3 is 4.90 Å². The summed E-state index contributed by atoms with van der Waals surface area (Å²) in [7, 11) is -3.64. The van der Waals surface area contributed by atoms with Gasteiger partial charge in [0.1, 0.15) is 5.82 Å². The van der Waals surface area contributed by atoms with Gasteiger partial charge in [-0.3, -0.25) is 4.79 Å². The molecule has 1 saturated heterocycles. The molecule has 1 aromatic carbocycles. The molecule has 1 aliphatic rings. The summed E-state index contributed by atoms with van der Waals surface area (Å²) < 4.78 is 39.8. The van der Waals surface area contributed by atoms with Gasteiger partial charge in [0.15, 0.2) is 0 Å². The molecule has 0 bridgehead atoms. The fourth-order valence-electron chi connectivity index (χ4n) is 2.44. The lowest BCUT2D eigenvalue weighted by molar-refractivity contribution is -0.135. The van der Waals surface area contributed by atoms with E-state index in [9.17, 15) is 17.6 Å². The van der Waals surface area contributed by atoms with Crippen molar-refractivity contribution in [2.24, 2.45) is 5.92 Å². The number of rotatable bonds is 3. The quantitative estimate of drug-likeness (QED) is 0.847. The summed E-state index contributed by atoms with van der Waals surface area (Å²) in [4.78, 5) is 13.7. The van der Waals surface area contributed by atoms with Crippen molar-refractivity contribution in [3.8, 4) is 0 Å². The maximum absolute atomic E-state index is 13.3. The summed E-state index contributed by atoms with van der Waals surface area (Å²) >= 11 is 0. The second kappa shape index (κ2) is 6.34. The number of sulfonamides is 1. The Balaban J connectivity index is 2.12. The third-order valence-electron chi connectivity index (χ3n) is 3.81. The highest BCUT2D eigenvalue weighted by Crippen LogP contribution is 2.20. The van der Waals surface area contributed by atoms with Crippen LogP contribution in [-0.2, 0) is 14.8 Å². The second-order valence-corrected chi connectivity index (χ2v) is 7.73. The van der Waals surface area contributed by atoms with Gasteiger partial charge in [0.25, 0.3) is 0 Å². The fraction of sp³-hybridized carbons (Fsp3) is 0.533. The maximum atomic E-state index is 13.3. The highest BCUT2D eigenvalue weighted by molar-refractivity contribution is 7.89. The molecule has 0 atom stereocenters. The molecule has 1 amide bonds. The van der Waals surface area contributed by atoms with Crippen LogP contribution in [0.4, 0.5) is 4.39 Å². The lowest BCUT2D eigenvalue weighted by Gasteiger charge is -2.34. The first kappa shape index (κ1) is 16.9. The largest absolute Gasteiger partial charge is 0.340 e. The molecule has 1 heterocycles. The maximum Gasteiger partial charge on any atom is 0.243 e. The molecule has 0 aliphatic carbocycles. The number of halogens is 1. The van der Waals surface area contributed by atoms with Crippen molar-refractivity contribution in [2.45, 2.75) is 25.7 Å². The van der Waals surface area contributed by atoms with Crippen LogP contribution in [0.25, 0.3) is 0 Å². The Labute approximate surface area is 130 Å². The molecule has 0 aromatic heterocycles. The Kier molecular flexibility index (Phi) is 4.87. The van der Waals surface area contributed by atoms with Gasteiger partial charge in [-0.05, 0) is 30.7 Å². The van der Waals surface area contributed by atoms with Crippen molar-refractivity contribution >= 4 is 15.9 Å². The van der Waals surface area contributed by atoms with Gasteiger partial charge in [-0.25, -0.2) is 12.8 Å². The van der Waals surface area contributed by atoms with Crippen LogP contribution in [0.5, 0.6) is 0 Å². The van der Waals surface area contributed by atoms with Crippen LogP contribution < -0.4 is 0 Å². The number of amides is 1. The first-order chi connectivity index (χ1) is 10.2. The average molecular weight is 328 g/mol. The third kappa shape index (κ3) is 3.30. The molecule has 1 aliphatic heterocycles. The molecular weight excluding hydrogens is 307 g/mol. The normalized spacial score (nSPS) is 17.0. The molecule has 0 spiro atoms. The molecular formula is C15H21FN2O3S. The van der Waals surface area contributed by atoms with Crippen molar-refractivity contribution in [1.82, 2.24) is 9.21 Å². The number of aryl methyl sites for hydroxylation is 1. The molecule has 2 rings (SSSR count). The smallest absolute Gasteiger partial charge is 0.243 e. The van der Waals surface area contributed by atoms with Crippen molar-refractivity contribution in [1.29, 1.82) is 0 Å². The van der Waals surface area contributed by atoms with Crippen LogP contribution in [-0.4, -0.2) is 49.7 Å². The molecule has 122 valence electrons. The van der Waals surface area contributed by atoms with Gasteiger partial charge >= 0.3 is 0 Å². The van der Waals surface area contributed by atoms with Crippen LogP contribution in [0.2, 0.25) is 0 Å². The summed E-state index contributed by atoms with van der Waals surface area (Å²) in [5.41, 5.74) is 0.301. The van der Waals surface area contributed by atoms with Gasteiger partial charge in [-0.2, -0.15) is 4.31 Å². The number of hydrogen-bond donors (Lipinski definition) is 0. The average Bonchev–Trinajstić information content (AvgIpc) is 2.49. The summed E-state index contributed by atoms with van der Waals surface area (Å²) in [6, 6.07) is 3.79. The second-order valence-electron chi connectivity index (χ2n) is 5.80. The lowest BCUT2D eigenvalue weighted by Crippen LogP contribution is -2.51. The Hall–Kier alpha value is -1.47. The molecule has 0 N–H and O–H groups in total. The summed E-state index contributed by atoms with van der Waals surface area (Å²) in [5, 5.41) is 0. The SMILES string of the molecule is Cc1cc(S(=O)(=O)N2CCN(C(=O)C(C)C)CC2)ccc1F. The van der Waals surface area contributed by atoms with E-state index in [4.69, 9.17) is 0 Å². The Morgan fingerprint density at radius 1 is 1.18 bits per heavy atom. The van der Waals surface area contributed by atoms with E-state index in [1.807, 2.05) is 13.8 Å². The highest BCUT2D eigenvalue weighted by atomic mass is 32.2. The predicted molar refractivity (Wildman–Crippen MR) is 81.3 cm³/mol. The lowest BCUT2D eigenvalue weighted by atomic mass is 10.2. The zero-order valence-electron chi connectivity index (χ0n) is 13.0. The zero-order chi connectivity index (χ0) is 16.5. The molecule has 0 unspecified atom stereocenters. The summed E-state index contributed by atoms with van der Waals surface area (Å²) in [6.07, 6.45) is 0. The standard InChI is InChI=1S/C15H21FN2O3S/c1-11(2)15(19)17-6-8-18(9-7-17)22(20,21)13-4-5-14(16)12(3)10-13/h4-5,10-11H,6-9H2,1-3H3. The number of hydrogen-bond acceptors (Lipinski definition) is 3. The minimum atomic E-state index is -3.64. The minimum Gasteiger partial charge on any atom is -0.340 e. The molecule has 7 heteroatoms. The van der Waals surface area contributed by atoms with E-state index in [1.54, 1.807) is 4.90 Å².